The second kappa shape index (κ2) is 21.9. The molecule has 2 atom stereocenters. The summed E-state index contributed by atoms with van der Waals surface area (Å²) in [6.45, 7) is 6.94. The van der Waals surface area contributed by atoms with E-state index in [1.54, 1.807) is 43.5 Å². The van der Waals surface area contributed by atoms with Crippen LogP contribution in [0.1, 0.15) is 90.4 Å². The van der Waals surface area contributed by atoms with E-state index in [4.69, 9.17) is 27.8 Å². The number of methoxy groups -OCH3 is 2. The summed E-state index contributed by atoms with van der Waals surface area (Å²) >= 11 is 0. The van der Waals surface area contributed by atoms with Crippen LogP contribution in [0.5, 0.6) is 23.0 Å². The number of aryl methyl sites for hydroxylation is 2. The van der Waals surface area contributed by atoms with E-state index >= 15 is 0 Å². The van der Waals surface area contributed by atoms with Crippen molar-refractivity contribution < 1.29 is 42.2 Å². The van der Waals surface area contributed by atoms with E-state index in [-0.39, 0.29) is 30.4 Å². The zero-order valence-corrected chi connectivity index (χ0v) is 40.8. The SMILES string of the molecule is COc1ccc(C2Nc3ccccc3C(=O)N2Cc2ccco2)cc1COc1c(C)cccc1C.COc1ccc(C2Nc3ccccc3C(=O)N2Cc2ccco2)cc1COc1ccc(CC(C)=O)cc1. The van der Waals surface area contributed by atoms with Gasteiger partial charge in [0.1, 0.15) is 65.8 Å². The fourth-order valence-corrected chi connectivity index (χ4v) is 9.07. The smallest absolute Gasteiger partial charge is 0.258 e. The standard InChI is InChI=1S/C30H28N2O5.C29H28N2O4/c1-20(33)16-21-9-12-24(13-10-21)37-19-23-17-22(11-14-28(23)35-2)29-31-27-8-4-3-7-26(27)30(34)32(29)18-25-6-5-15-36-25;1-19-8-6-9-20(2)27(19)35-18-22-16-21(13-14-26(22)33-3)28-30-25-12-5-4-11-24(25)29(32)31(28)17-23-10-7-15-34-23/h3-15,17,29,31H,16,18-19H2,1-2H3;4-16,28,30H,17-18H2,1-3H3. The van der Waals surface area contributed by atoms with Crippen molar-refractivity contribution in [1.29, 1.82) is 0 Å². The maximum Gasteiger partial charge on any atom is 0.258 e. The van der Waals surface area contributed by atoms with Crippen LogP contribution in [0.25, 0.3) is 0 Å². The fraction of sp³-hybridized carbons (Fsp3) is 0.203. The summed E-state index contributed by atoms with van der Waals surface area (Å²) in [7, 11) is 3.27. The Balaban J connectivity index is 0.000000178. The normalized spacial score (nSPS) is 14.7. The van der Waals surface area contributed by atoms with E-state index in [1.807, 2.05) is 166 Å². The number of amides is 2. The number of benzene rings is 6. The van der Waals surface area contributed by atoms with E-state index in [2.05, 4.69) is 10.6 Å². The van der Waals surface area contributed by atoms with Crippen LogP contribution >= 0.6 is 0 Å². The summed E-state index contributed by atoms with van der Waals surface area (Å²) in [6, 6.07) is 47.9. The van der Waals surface area contributed by atoms with Crippen molar-refractivity contribution in [3.05, 3.63) is 226 Å². The van der Waals surface area contributed by atoms with Crippen LogP contribution in [0.2, 0.25) is 0 Å². The first-order chi connectivity index (χ1) is 35.1. The van der Waals surface area contributed by atoms with Gasteiger partial charge in [-0.1, -0.05) is 66.7 Å². The quantitative estimate of drug-likeness (QED) is 0.0954. The number of carbonyl (C=O) groups is 3. The third-order valence-electron chi connectivity index (χ3n) is 12.6. The van der Waals surface area contributed by atoms with Gasteiger partial charge in [0.15, 0.2) is 0 Å². The molecule has 8 aromatic rings. The fourth-order valence-electron chi connectivity index (χ4n) is 9.07. The summed E-state index contributed by atoms with van der Waals surface area (Å²) in [4.78, 5) is 41.9. The zero-order valence-electron chi connectivity index (χ0n) is 40.8. The van der Waals surface area contributed by atoms with Crippen molar-refractivity contribution in [2.24, 2.45) is 0 Å². The molecule has 0 radical (unpaired) electrons. The predicted octanol–water partition coefficient (Wildman–Crippen LogP) is 12.0. The highest BCUT2D eigenvalue weighted by Gasteiger charge is 2.35. The summed E-state index contributed by atoms with van der Waals surface area (Å²) in [5, 5.41) is 7.07. The summed E-state index contributed by atoms with van der Waals surface area (Å²) in [5.74, 6) is 4.41. The lowest BCUT2D eigenvalue weighted by molar-refractivity contribution is -0.116. The number of furan rings is 2. The zero-order chi connectivity index (χ0) is 50.1. The monoisotopic (exact) mass is 964 g/mol. The largest absolute Gasteiger partial charge is 0.496 e. The molecule has 13 heteroatoms. The number of ether oxygens (including phenoxy) is 4. The van der Waals surface area contributed by atoms with Crippen LogP contribution in [-0.4, -0.2) is 41.6 Å². The number of nitrogens with zero attached hydrogens (tertiary/aromatic N) is 2. The van der Waals surface area contributed by atoms with Crippen molar-refractivity contribution in [2.45, 2.75) is 65.8 Å². The second-order valence-corrected chi connectivity index (χ2v) is 17.7. The van der Waals surface area contributed by atoms with Gasteiger partial charge in [-0.25, -0.2) is 0 Å². The maximum atomic E-state index is 13.5. The van der Waals surface area contributed by atoms with Crippen LogP contribution in [-0.2, 0) is 37.5 Å². The minimum absolute atomic E-state index is 0.0510. The van der Waals surface area contributed by atoms with Crippen molar-refractivity contribution in [1.82, 2.24) is 9.80 Å². The molecule has 2 amide bonds. The highest BCUT2D eigenvalue weighted by Crippen LogP contribution is 2.38. The van der Waals surface area contributed by atoms with E-state index in [0.29, 0.717) is 54.5 Å². The summed E-state index contributed by atoms with van der Waals surface area (Å²) in [5.41, 5.74) is 9.54. The van der Waals surface area contributed by atoms with Gasteiger partial charge >= 0.3 is 0 Å². The van der Waals surface area contributed by atoms with Crippen molar-refractivity contribution in [2.75, 3.05) is 24.9 Å². The van der Waals surface area contributed by atoms with Gasteiger partial charge in [-0.2, -0.15) is 0 Å². The molecule has 2 unspecified atom stereocenters. The Bertz CT molecular complexity index is 3150. The van der Waals surface area contributed by atoms with Crippen molar-refractivity contribution in [3.8, 4) is 23.0 Å². The number of ketones is 1. The minimum Gasteiger partial charge on any atom is -0.496 e. The number of rotatable bonds is 16. The van der Waals surface area contributed by atoms with Crippen LogP contribution < -0.4 is 29.6 Å². The Morgan fingerprint density at radius 3 is 1.51 bits per heavy atom. The third kappa shape index (κ3) is 10.9. The molecule has 2 aromatic heterocycles. The topological polar surface area (TPSA) is 145 Å². The molecule has 0 aliphatic carbocycles. The van der Waals surface area contributed by atoms with Gasteiger partial charge in [0, 0.05) is 28.9 Å². The van der Waals surface area contributed by atoms with Crippen molar-refractivity contribution in [3.63, 3.8) is 0 Å². The van der Waals surface area contributed by atoms with Gasteiger partial charge < -0.3 is 48.2 Å². The average molecular weight is 965 g/mol. The van der Waals surface area contributed by atoms with Crippen molar-refractivity contribution >= 4 is 29.0 Å². The number of Topliss-reactive ketones (excluding diaryl/α,β-unsaturated/α-hetero) is 1. The highest BCUT2D eigenvalue weighted by atomic mass is 16.5. The average Bonchev–Trinajstić information content (AvgIpc) is 4.13. The maximum absolute atomic E-state index is 13.5. The van der Waals surface area contributed by atoms with Crippen LogP contribution in [0, 0.1) is 13.8 Å². The molecule has 6 aromatic carbocycles. The van der Waals surface area contributed by atoms with Gasteiger partial charge in [-0.15, -0.1) is 0 Å². The number of hydrogen-bond donors (Lipinski definition) is 2. The molecule has 366 valence electrons. The number of hydrogen-bond acceptors (Lipinski definition) is 11. The van der Waals surface area contributed by atoms with Gasteiger partial charge in [-0.3, -0.25) is 14.4 Å². The lowest BCUT2D eigenvalue weighted by Crippen LogP contribution is -2.42. The summed E-state index contributed by atoms with van der Waals surface area (Å²) < 4.78 is 34.6. The molecule has 72 heavy (non-hydrogen) atoms. The van der Waals surface area contributed by atoms with Gasteiger partial charge in [-0.05, 0) is 134 Å². The third-order valence-corrected chi connectivity index (χ3v) is 12.6. The molecule has 10 rings (SSSR count). The molecule has 2 N–H and O–H groups in total. The first-order valence-electron chi connectivity index (χ1n) is 23.7. The van der Waals surface area contributed by atoms with Gasteiger partial charge in [0.05, 0.1) is 51.0 Å². The molecule has 2 aliphatic heterocycles. The van der Waals surface area contributed by atoms with E-state index in [0.717, 1.165) is 67.6 Å². The Morgan fingerprint density at radius 1 is 0.569 bits per heavy atom. The Kier molecular flexibility index (Phi) is 14.7. The molecule has 2 aliphatic rings. The summed E-state index contributed by atoms with van der Waals surface area (Å²) in [6.07, 6.45) is 2.84. The van der Waals surface area contributed by atoms with Gasteiger partial charge in [0.2, 0.25) is 0 Å². The number of fused-ring (bicyclic) bond motifs is 2. The van der Waals surface area contributed by atoms with Gasteiger partial charge in [0.25, 0.3) is 11.8 Å². The number of carbonyl (C=O) groups excluding carboxylic acids is 3. The van der Waals surface area contributed by atoms with Crippen LogP contribution in [0.4, 0.5) is 11.4 Å². The Morgan fingerprint density at radius 2 is 1.06 bits per heavy atom. The van der Waals surface area contributed by atoms with E-state index in [1.165, 1.54) is 0 Å². The molecule has 0 bridgehead atoms. The van der Waals surface area contributed by atoms with Crippen LogP contribution in [0.3, 0.4) is 0 Å². The molecule has 0 saturated heterocycles. The Hall–Kier alpha value is -8.71. The molecule has 4 heterocycles. The molecule has 0 fully saturated rings. The Labute approximate surface area is 418 Å². The highest BCUT2D eigenvalue weighted by molar-refractivity contribution is 6.02. The second-order valence-electron chi connectivity index (χ2n) is 17.7. The van der Waals surface area contributed by atoms with E-state index in [9.17, 15) is 14.4 Å². The molecule has 13 nitrogen and oxygen atoms in total. The van der Waals surface area contributed by atoms with Crippen LogP contribution in [0.15, 0.2) is 173 Å². The number of anilines is 2. The number of nitrogens with one attached hydrogen (secondary N) is 2. The number of para-hydroxylation sites is 3. The molecular formula is C59H56N4O9. The first kappa shape index (κ1) is 48.3. The van der Waals surface area contributed by atoms with E-state index < -0.39 is 6.17 Å². The first-order valence-corrected chi connectivity index (χ1v) is 23.7. The molecule has 0 saturated carbocycles. The lowest BCUT2D eigenvalue weighted by atomic mass is 10.0. The lowest BCUT2D eigenvalue weighted by Gasteiger charge is -2.38. The molecule has 0 spiro atoms. The predicted molar refractivity (Wildman–Crippen MR) is 274 cm³/mol. The molecular weight excluding hydrogens is 909 g/mol. The minimum atomic E-state index is -0.414.